The van der Waals surface area contributed by atoms with Crippen LogP contribution in [-0.4, -0.2) is 23.6 Å². The minimum absolute atomic E-state index is 0.589. The molecule has 1 heterocycles. The maximum Gasteiger partial charge on any atom is 0.226 e. The first-order chi connectivity index (χ1) is 9.19. The maximum atomic E-state index is 5.13. The minimum Gasteiger partial charge on any atom is -0.481 e. The Hall–Kier alpha value is -2.10. The second-order valence-corrected chi connectivity index (χ2v) is 4.48. The average molecular weight is 257 g/mol. The lowest BCUT2D eigenvalue weighted by Gasteiger charge is -2.08. The molecule has 0 fully saturated rings. The third-order valence-electron chi connectivity index (χ3n) is 2.98. The van der Waals surface area contributed by atoms with Gasteiger partial charge in [0, 0.05) is 18.3 Å². The SMILES string of the molecule is COc1cc(C)nc(NCCc2ccccc2C)n1. The molecule has 4 nitrogen and oxygen atoms in total. The summed E-state index contributed by atoms with van der Waals surface area (Å²) < 4.78 is 5.13. The van der Waals surface area contributed by atoms with Gasteiger partial charge in [0.1, 0.15) is 0 Å². The third kappa shape index (κ3) is 3.68. The molecule has 4 heteroatoms. The number of hydrogen-bond acceptors (Lipinski definition) is 4. The highest BCUT2D eigenvalue weighted by Gasteiger charge is 2.02. The van der Waals surface area contributed by atoms with Crippen molar-refractivity contribution in [1.82, 2.24) is 9.97 Å². The number of ether oxygens (including phenoxy) is 1. The van der Waals surface area contributed by atoms with Crippen LogP contribution in [0.3, 0.4) is 0 Å². The normalized spacial score (nSPS) is 10.3. The van der Waals surface area contributed by atoms with Gasteiger partial charge in [-0.2, -0.15) is 4.98 Å². The second kappa shape index (κ2) is 6.18. The van der Waals surface area contributed by atoms with Crippen molar-refractivity contribution in [2.45, 2.75) is 20.3 Å². The van der Waals surface area contributed by atoms with Crippen LogP contribution in [-0.2, 0) is 6.42 Å². The predicted molar refractivity (Wildman–Crippen MR) is 76.7 cm³/mol. The summed E-state index contributed by atoms with van der Waals surface area (Å²) >= 11 is 0. The van der Waals surface area contributed by atoms with Crippen LogP contribution >= 0.6 is 0 Å². The lowest BCUT2D eigenvalue weighted by atomic mass is 10.1. The van der Waals surface area contributed by atoms with Crippen molar-refractivity contribution in [3.8, 4) is 5.88 Å². The Morgan fingerprint density at radius 3 is 2.68 bits per heavy atom. The lowest BCUT2D eigenvalue weighted by Crippen LogP contribution is -2.09. The monoisotopic (exact) mass is 257 g/mol. The maximum absolute atomic E-state index is 5.13. The topological polar surface area (TPSA) is 47.0 Å². The number of nitrogens with zero attached hydrogens (tertiary/aromatic N) is 2. The third-order valence-corrected chi connectivity index (χ3v) is 2.98. The van der Waals surface area contributed by atoms with Gasteiger partial charge in [0.15, 0.2) is 0 Å². The number of hydrogen-bond donors (Lipinski definition) is 1. The van der Waals surface area contributed by atoms with Crippen LogP contribution in [0.5, 0.6) is 5.88 Å². The van der Waals surface area contributed by atoms with Crippen LogP contribution in [0, 0.1) is 13.8 Å². The fourth-order valence-corrected chi connectivity index (χ4v) is 1.92. The zero-order valence-corrected chi connectivity index (χ0v) is 11.6. The highest BCUT2D eigenvalue weighted by atomic mass is 16.5. The van der Waals surface area contributed by atoms with E-state index in [9.17, 15) is 0 Å². The van der Waals surface area contributed by atoms with Crippen LogP contribution in [0.1, 0.15) is 16.8 Å². The van der Waals surface area contributed by atoms with E-state index in [4.69, 9.17) is 4.74 Å². The van der Waals surface area contributed by atoms with E-state index >= 15 is 0 Å². The van der Waals surface area contributed by atoms with E-state index in [-0.39, 0.29) is 0 Å². The number of aromatic nitrogens is 2. The summed E-state index contributed by atoms with van der Waals surface area (Å²) in [4.78, 5) is 8.59. The molecule has 2 rings (SSSR count). The van der Waals surface area contributed by atoms with Crippen molar-refractivity contribution in [1.29, 1.82) is 0 Å². The van der Waals surface area contributed by atoms with Crippen LogP contribution < -0.4 is 10.1 Å². The molecule has 19 heavy (non-hydrogen) atoms. The summed E-state index contributed by atoms with van der Waals surface area (Å²) in [6, 6.07) is 10.2. The van der Waals surface area contributed by atoms with Crippen molar-refractivity contribution in [3.63, 3.8) is 0 Å². The van der Waals surface area contributed by atoms with Gasteiger partial charge >= 0.3 is 0 Å². The van der Waals surface area contributed by atoms with Crippen molar-refractivity contribution < 1.29 is 4.74 Å². The molecule has 0 saturated heterocycles. The summed E-state index contributed by atoms with van der Waals surface area (Å²) in [6.45, 7) is 4.86. The van der Waals surface area contributed by atoms with E-state index < -0.39 is 0 Å². The quantitative estimate of drug-likeness (QED) is 0.894. The molecule has 0 amide bonds. The van der Waals surface area contributed by atoms with Gasteiger partial charge in [0.25, 0.3) is 0 Å². The Bertz CT molecular complexity index is 555. The van der Waals surface area contributed by atoms with Gasteiger partial charge in [-0.15, -0.1) is 0 Å². The van der Waals surface area contributed by atoms with Crippen molar-refractivity contribution in [3.05, 3.63) is 47.2 Å². The molecular weight excluding hydrogens is 238 g/mol. The van der Waals surface area contributed by atoms with Crippen LogP contribution in [0.2, 0.25) is 0 Å². The molecule has 1 aromatic carbocycles. The predicted octanol–water partition coefficient (Wildman–Crippen LogP) is 2.76. The molecular formula is C15H19N3O. The Morgan fingerprint density at radius 2 is 1.95 bits per heavy atom. The molecule has 0 aliphatic rings. The summed E-state index contributed by atoms with van der Waals surface area (Å²) in [5, 5.41) is 3.23. The van der Waals surface area contributed by atoms with Crippen LogP contribution in [0.15, 0.2) is 30.3 Å². The first kappa shape index (κ1) is 13.3. The number of anilines is 1. The molecule has 0 aliphatic heterocycles. The van der Waals surface area contributed by atoms with Gasteiger partial charge < -0.3 is 10.1 Å². The molecule has 1 N–H and O–H groups in total. The van der Waals surface area contributed by atoms with E-state index in [1.165, 1.54) is 11.1 Å². The Balaban J connectivity index is 1.96. The van der Waals surface area contributed by atoms with E-state index in [0.717, 1.165) is 18.7 Å². The molecule has 0 atom stereocenters. The van der Waals surface area contributed by atoms with Gasteiger partial charge in [0.05, 0.1) is 7.11 Å². The standard InChI is InChI=1S/C15H19N3O/c1-11-6-4-5-7-13(11)8-9-16-15-17-12(2)10-14(18-15)19-3/h4-7,10H,8-9H2,1-3H3,(H,16,17,18). The molecule has 0 radical (unpaired) electrons. The van der Waals surface area contributed by atoms with E-state index in [2.05, 4.69) is 46.5 Å². The molecule has 0 spiro atoms. The summed E-state index contributed by atoms with van der Waals surface area (Å²) in [7, 11) is 1.61. The van der Waals surface area contributed by atoms with E-state index in [0.29, 0.717) is 11.8 Å². The molecule has 0 saturated carbocycles. The Labute approximate surface area is 113 Å². The molecule has 2 aromatic rings. The van der Waals surface area contributed by atoms with Gasteiger partial charge in [0.2, 0.25) is 11.8 Å². The van der Waals surface area contributed by atoms with E-state index in [1.807, 2.05) is 13.0 Å². The van der Waals surface area contributed by atoms with E-state index in [1.54, 1.807) is 7.11 Å². The number of methoxy groups -OCH3 is 1. The Kier molecular flexibility index (Phi) is 4.34. The zero-order chi connectivity index (χ0) is 13.7. The van der Waals surface area contributed by atoms with Crippen molar-refractivity contribution in [2.75, 3.05) is 19.0 Å². The van der Waals surface area contributed by atoms with Crippen molar-refractivity contribution >= 4 is 5.95 Å². The largest absolute Gasteiger partial charge is 0.481 e. The second-order valence-electron chi connectivity index (χ2n) is 4.48. The highest BCUT2D eigenvalue weighted by molar-refractivity contribution is 5.32. The Morgan fingerprint density at radius 1 is 1.16 bits per heavy atom. The number of aryl methyl sites for hydroxylation is 2. The lowest BCUT2D eigenvalue weighted by molar-refractivity contribution is 0.397. The van der Waals surface area contributed by atoms with Crippen LogP contribution in [0.25, 0.3) is 0 Å². The van der Waals surface area contributed by atoms with Gasteiger partial charge in [-0.05, 0) is 31.4 Å². The van der Waals surface area contributed by atoms with Crippen LogP contribution in [0.4, 0.5) is 5.95 Å². The highest BCUT2D eigenvalue weighted by Crippen LogP contribution is 2.12. The summed E-state index contributed by atoms with van der Waals surface area (Å²) in [5.41, 5.74) is 3.55. The summed E-state index contributed by atoms with van der Waals surface area (Å²) in [6.07, 6.45) is 0.951. The zero-order valence-electron chi connectivity index (χ0n) is 11.6. The fraction of sp³-hybridized carbons (Fsp3) is 0.333. The number of nitrogens with one attached hydrogen (secondary N) is 1. The van der Waals surface area contributed by atoms with Gasteiger partial charge in [-0.25, -0.2) is 4.98 Å². The molecule has 0 bridgehead atoms. The summed E-state index contributed by atoms with van der Waals surface area (Å²) in [5.74, 6) is 1.20. The molecule has 0 aliphatic carbocycles. The molecule has 100 valence electrons. The molecule has 1 aromatic heterocycles. The first-order valence-corrected chi connectivity index (χ1v) is 6.37. The smallest absolute Gasteiger partial charge is 0.226 e. The average Bonchev–Trinajstić information content (AvgIpc) is 2.40. The first-order valence-electron chi connectivity index (χ1n) is 6.37. The minimum atomic E-state index is 0.589. The number of rotatable bonds is 5. The van der Waals surface area contributed by atoms with Gasteiger partial charge in [-0.1, -0.05) is 24.3 Å². The van der Waals surface area contributed by atoms with Crippen molar-refractivity contribution in [2.24, 2.45) is 0 Å². The molecule has 0 unspecified atom stereocenters. The fourth-order valence-electron chi connectivity index (χ4n) is 1.92. The number of benzene rings is 1. The van der Waals surface area contributed by atoms with Gasteiger partial charge in [-0.3, -0.25) is 0 Å².